The molecule has 6 heteroatoms. The summed E-state index contributed by atoms with van der Waals surface area (Å²) in [7, 11) is 1.63. The van der Waals surface area contributed by atoms with Crippen molar-refractivity contribution in [1.29, 1.82) is 0 Å². The van der Waals surface area contributed by atoms with Crippen LogP contribution in [0.1, 0.15) is 17.9 Å². The van der Waals surface area contributed by atoms with E-state index in [0.717, 1.165) is 22.1 Å². The van der Waals surface area contributed by atoms with Gasteiger partial charge in [-0.1, -0.05) is 30.3 Å². The highest BCUT2D eigenvalue weighted by molar-refractivity contribution is 5.84. The average Bonchev–Trinajstić information content (AvgIpc) is 3.25. The Balaban J connectivity index is 1.31. The number of carbonyl (C=O) groups excluding carboxylic acids is 1. The van der Waals surface area contributed by atoms with Crippen molar-refractivity contribution in [2.75, 3.05) is 7.11 Å². The van der Waals surface area contributed by atoms with Gasteiger partial charge in [-0.15, -0.1) is 0 Å². The van der Waals surface area contributed by atoms with Gasteiger partial charge in [-0.05, 0) is 46.7 Å². The van der Waals surface area contributed by atoms with Crippen LogP contribution in [0.4, 0.5) is 4.39 Å². The number of oxazole rings is 1. The van der Waals surface area contributed by atoms with Gasteiger partial charge in [-0.2, -0.15) is 0 Å². The molecular formula is C24H20FNO4. The quantitative estimate of drug-likeness (QED) is 0.390. The highest BCUT2D eigenvalue weighted by Crippen LogP contribution is 2.24. The molecule has 0 radical (unpaired) electrons. The van der Waals surface area contributed by atoms with E-state index in [1.807, 2.05) is 36.4 Å². The minimum absolute atomic E-state index is 0.127. The van der Waals surface area contributed by atoms with Crippen LogP contribution < -0.4 is 4.74 Å². The van der Waals surface area contributed by atoms with Gasteiger partial charge in [0, 0.05) is 6.42 Å². The van der Waals surface area contributed by atoms with Gasteiger partial charge in [-0.3, -0.25) is 4.79 Å². The van der Waals surface area contributed by atoms with Gasteiger partial charge in [0.1, 0.15) is 18.2 Å². The fraction of sp³-hybridized carbons (Fsp3) is 0.167. The molecule has 0 aliphatic heterocycles. The number of hydrogen-bond acceptors (Lipinski definition) is 5. The smallest absolute Gasteiger partial charge is 0.306 e. The summed E-state index contributed by atoms with van der Waals surface area (Å²) < 4.78 is 30.0. The van der Waals surface area contributed by atoms with E-state index in [1.165, 1.54) is 12.3 Å². The van der Waals surface area contributed by atoms with Crippen LogP contribution in [0.15, 0.2) is 71.3 Å². The van der Waals surface area contributed by atoms with Crippen LogP contribution >= 0.6 is 0 Å². The van der Waals surface area contributed by atoms with Crippen molar-refractivity contribution in [3.8, 4) is 17.1 Å². The summed E-state index contributed by atoms with van der Waals surface area (Å²) in [5.74, 6) is 0.768. The van der Waals surface area contributed by atoms with Crippen LogP contribution in [0.5, 0.6) is 5.75 Å². The summed E-state index contributed by atoms with van der Waals surface area (Å²) in [6, 6.07) is 18.0. The number of fused-ring (bicyclic) bond motifs is 1. The number of rotatable bonds is 7. The molecule has 0 aliphatic carbocycles. The third kappa shape index (κ3) is 4.49. The molecule has 4 aromatic rings. The van der Waals surface area contributed by atoms with Gasteiger partial charge in [0.2, 0.25) is 0 Å². The third-order valence-electron chi connectivity index (χ3n) is 4.75. The Morgan fingerprint density at radius 2 is 1.87 bits per heavy atom. The van der Waals surface area contributed by atoms with Crippen LogP contribution in [0.3, 0.4) is 0 Å². The molecule has 152 valence electrons. The Morgan fingerprint density at radius 1 is 1.07 bits per heavy atom. The van der Waals surface area contributed by atoms with Gasteiger partial charge >= 0.3 is 5.97 Å². The maximum atomic E-state index is 13.8. The number of aromatic nitrogens is 1. The minimum atomic E-state index is -0.381. The van der Waals surface area contributed by atoms with Gasteiger partial charge in [0.15, 0.2) is 11.7 Å². The molecule has 4 rings (SSSR count). The first-order valence-electron chi connectivity index (χ1n) is 9.54. The number of ether oxygens (including phenoxy) is 2. The number of hydrogen-bond donors (Lipinski definition) is 0. The molecule has 0 saturated heterocycles. The Kier molecular flexibility index (Phi) is 5.75. The van der Waals surface area contributed by atoms with Gasteiger partial charge in [-0.25, -0.2) is 9.37 Å². The monoisotopic (exact) mass is 405 g/mol. The summed E-state index contributed by atoms with van der Waals surface area (Å²) in [6.45, 7) is 0.187. The largest absolute Gasteiger partial charge is 0.497 e. The summed E-state index contributed by atoms with van der Waals surface area (Å²) in [5, 5.41) is 2.10. The SMILES string of the molecule is COc1ccc2cc(COC(=O)CCc3ncc(-c4ccccc4F)o3)ccc2c1. The molecule has 5 nitrogen and oxygen atoms in total. The van der Waals surface area contributed by atoms with Gasteiger partial charge in [0.25, 0.3) is 0 Å². The second-order valence-electron chi connectivity index (χ2n) is 6.81. The zero-order chi connectivity index (χ0) is 20.9. The molecule has 1 aromatic heterocycles. The average molecular weight is 405 g/mol. The van der Waals surface area contributed by atoms with Crippen molar-refractivity contribution >= 4 is 16.7 Å². The van der Waals surface area contributed by atoms with E-state index in [-0.39, 0.29) is 31.2 Å². The fourth-order valence-corrected chi connectivity index (χ4v) is 3.15. The van der Waals surface area contributed by atoms with Crippen LogP contribution in [-0.2, 0) is 22.6 Å². The Morgan fingerprint density at radius 3 is 2.70 bits per heavy atom. The summed E-state index contributed by atoms with van der Waals surface area (Å²) in [4.78, 5) is 16.2. The Labute approximate surface area is 173 Å². The molecule has 0 fully saturated rings. The van der Waals surface area contributed by atoms with Crippen LogP contribution in [0.2, 0.25) is 0 Å². The normalized spacial score (nSPS) is 10.9. The summed E-state index contributed by atoms with van der Waals surface area (Å²) >= 11 is 0. The molecule has 0 bridgehead atoms. The van der Waals surface area contributed by atoms with Crippen LogP contribution in [0, 0.1) is 5.82 Å². The number of benzene rings is 3. The lowest BCUT2D eigenvalue weighted by Crippen LogP contribution is -2.06. The summed E-state index contributed by atoms with van der Waals surface area (Å²) in [5.41, 5.74) is 1.24. The lowest BCUT2D eigenvalue weighted by atomic mass is 10.1. The number of aryl methyl sites for hydroxylation is 1. The zero-order valence-corrected chi connectivity index (χ0v) is 16.4. The maximum Gasteiger partial charge on any atom is 0.306 e. The van der Waals surface area contributed by atoms with Crippen LogP contribution in [-0.4, -0.2) is 18.1 Å². The second kappa shape index (κ2) is 8.78. The highest BCUT2D eigenvalue weighted by Gasteiger charge is 2.12. The molecule has 0 N–H and O–H groups in total. The van der Waals surface area contributed by atoms with Gasteiger partial charge in [0.05, 0.1) is 25.3 Å². The lowest BCUT2D eigenvalue weighted by molar-refractivity contribution is -0.145. The lowest BCUT2D eigenvalue weighted by Gasteiger charge is -2.07. The molecule has 0 aliphatic rings. The maximum absolute atomic E-state index is 13.8. The van der Waals surface area contributed by atoms with Crippen molar-refractivity contribution in [3.63, 3.8) is 0 Å². The van der Waals surface area contributed by atoms with E-state index in [1.54, 1.807) is 25.3 Å². The predicted molar refractivity (Wildman–Crippen MR) is 111 cm³/mol. The van der Waals surface area contributed by atoms with E-state index in [2.05, 4.69) is 4.98 Å². The minimum Gasteiger partial charge on any atom is -0.497 e. The molecule has 0 saturated carbocycles. The predicted octanol–water partition coefficient (Wildman–Crippen LogP) is 5.32. The molecule has 1 heterocycles. The number of halogens is 1. The van der Waals surface area contributed by atoms with Crippen molar-refractivity contribution in [3.05, 3.63) is 84.1 Å². The van der Waals surface area contributed by atoms with E-state index in [9.17, 15) is 9.18 Å². The molecule has 0 atom stereocenters. The topological polar surface area (TPSA) is 61.6 Å². The highest BCUT2D eigenvalue weighted by atomic mass is 19.1. The molecule has 0 unspecified atom stereocenters. The Hall–Kier alpha value is -3.67. The standard InChI is InChI=1S/C24H20FNO4/c1-28-19-9-8-17-12-16(6-7-18(17)13-19)15-29-24(27)11-10-23-26-14-22(30-23)20-4-2-3-5-21(20)25/h2-9,12-14H,10-11,15H2,1H3. The van der Waals surface area contributed by atoms with Crippen molar-refractivity contribution in [1.82, 2.24) is 4.98 Å². The number of nitrogens with zero attached hydrogens (tertiary/aromatic N) is 1. The van der Waals surface area contributed by atoms with E-state index < -0.39 is 0 Å². The van der Waals surface area contributed by atoms with Crippen LogP contribution in [0.25, 0.3) is 22.1 Å². The number of carbonyl (C=O) groups is 1. The van der Waals surface area contributed by atoms with Crippen molar-refractivity contribution < 1.29 is 23.1 Å². The first-order valence-corrected chi connectivity index (χ1v) is 9.54. The molecule has 3 aromatic carbocycles. The summed E-state index contributed by atoms with van der Waals surface area (Å²) in [6.07, 6.45) is 1.87. The fourth-order valence-electron chi connectivity index (χ4n) is 3.15. The van der Waals surface area contributed by atoms with Crippen molar-refractivity contribution in [2.24, 2.45) is 0 Å². The number of esters is 1. The second-order valence-corrected chi connectivity index (χ2v) is 6.81. The van der Waals surface area contributed by atoms with E-state index in [4.69, 9.17) is 13.9 Å². The molecule has 30 heavy (non-hydrogen) atoms. The third-order valence-corrected chi connectivity index (χ3v) is 4.75. The van der Waals surface area contributed by atoms with E-state index >= 15 is 0 Å². The Bertz CT molecular complexity index is 1180. The molecule has 0 spiro atoms. The first kappa shape index (κ1) is 19.6. The van der Waals surface area contributed by atoms with E-state index in [0.29, 0.717) is 17.2 Å². The molecule has 0 amide bonds. The number of methoxy groups -OCH3 is 1. The zero-order valence-electron chi connectivity index (χ0n) is 16.4. The van der Waals surface area contributed by atoms with Gasteiger partial charge < -0.3 is 13.9 Å². The first-order chi connectivity index (χ1) is 14.6. The molecular weight excluding hydrogens is 385 g/mol. The van der Waals surface area contributed by atoms with Crippen molar-refractivity contribution in [2.45, 2.75) is 19.4 Å².